The Labute approximate surface area is 82.4 Å². The molecule has 0 aliphatic carbocycles. The molecule has 1 rings (SSSR count). The molecule has 1 N–H and O–H groups in total. The molecule has 78 valence electrons. The SMILES string of the molecule is CCCCc1coc(N(C)C(=O)O)n1. The highest BCUT2D eigenvalue weighted by molar-refractivity contribution is 5.82. The van der Waals surface area contributed by atoms with Gasteiger partial charge in [0.05, 0.1) is 5.69 Å². The van der Waals surface area contributed by atoms with Crippen molar-refractivity contribution in [1.82, 2.24) is 4.98 Å². The lowest BCUT2D eigenvalue weighted by Crippen LogP contribution is -2.23. The van der Waals surface area contributed by atoms with Crippen molar-refractivity contribution in [2.45, 2.75) is 26.2 Å². The molecule has 0 saturated heterocycles. The van der Waals surface area contributed by atoms with E-state index in [-0.39, 0.29) is 6.01 Å². The van der Waals surface area contributed by atoms with Crippen molar-refractivity contribution in [3.8, 4) is 0 Å². The van der Waals surface area contributed by atoms with E-state index < -0.39 is 6.09 Å². The third-order valence-electron chi connectivity index (χ3n) is 1.90. The van der Waals surface area contributed by atoms with E-state index in [1.54, 1.807) is 0 Å². The van der Waals surface area contributed by atoms with E-state index in [0.29, 0.717) is 0 Å². The fraction of sp³-hybridized carbons (Fsp3) is 0.556. The fourth-order valence-corrected chi connectivity index (χ4v) is 1.00. The van der Waals surface area contributed by atoms with Crippen LogP contribution in [-0.2, 0) is 6.42 Å². The first-order valence-corrected chi connectivity index (χ1v) is 4.56. The number of oxazole rings is 1. The van der Waals surface area contributed by atoms with Gasteiger partial charge in [0.2, 0.25) is 0 Å². The van der Waals surface area contributed by atoms with Crippen LogP contribution in [0, 0.1) is 0 Å². The zero-order valence-corrected chi connectivity index (χ0v) is 8.36. The Bertz CT molecular complexity index is 309. The van der Waals surface area contributed by atoms with Crippen molar-refractivity contribution in [2.75, 3.05) is 11.9 Å². The van der Waals surface area contributed by atoms with Gasteiger partial charge in [0.15, 0.2) is 0 Å². The lowest BCUT2D eigenvalue weighted by Gasteiger charge is -2.05. The van der Waals surface area contributed by atoms with Crippen LogP contribution in [0.5, 0.6) is 0 Å². The van der Waals surface area contributed by atoms with E-state index in [2.05, 4.69) is 11.9 Å². The van der Waals surface area contributed by atoms with Gasteiger partial charge in [-0.1, -0.05) is 13.3 Å². The number of carbonyl (C=O) groups is 1. The predicted octanol–water partition coefficient (Wildman–Crippen LogP) is 2.13. The Hall–Kier alpha value is -1.52. The maximum atomic E-state index is 10.5. The van der Waals surface area contributed by atoms with Crippen molar-refractivity contribution in [3.05, 3.63) is 12.0 Å². The summed E-state index contributed by atoms with van der Waals surface area (Å²) in [5, 5.41) is 8.65. The molecule has 0 radical (unpaired) electrons. The first kappa shape index (κ1) is 10.6. The summed E-state index contributed by atoms with van der Waals surface area (Å²) in [6.45, 7) is 2.09. The first-order valence-electron chi connectivity index (χ1n) is 4.56. The molecule has 0 spiro atoms. The molecule has 0 saturated carbocycles. The van der Waals surface area contributed by atoms with Gasteiger partial charge in [-0.25, -0.2) is 9.69 Å². The summed E-state index contributed by atoms with van der Waals surface area (Å²) >= 11 is 0. The lowest BCUT2D eigenvalue weighted by atomic mass is 10.2. The Morgan fingerprint density at radius 2 is 2.43 bits per heavy atom. The molecule has 0 unspecified atom stereocenters. The third-order valence-corrected chi connectivity index (χ3v) is 1.90. The van der Waals surface area contributed by atoms with E-state index in [4.69, 9.17) is 9.52 Å². The molecule has 0 atom stereocenters. The standard InChI is InChI=1S/C9H14N2O3/c1-3-4-5-7-6-14-8(10-7)11(2)9(12)13/h6H,3-5H2,1-2H3,(H,12,13). The van der Waals surface area contributed by atoms with Gasteiger partial charge in [0.25, 0.3) is 0 Å². The minimum Gasteiger partial charge on any atom is -0.465 e. The van der Waals surface area contributed by atoms with Gasteiger partial charge in [-0.2, -0.15) is 4.98 Å². The second kappa shape index (κ2) is 4.64. The second-order valence-electron chi connectivity index (χ2n) is 3.07. The topological polar surface area (TPSA) is 66.6 Å². The smallest absolute Gasteiger partial charge is 0.415 e. The van der Waals surface area contributed by atoms with Crippen molar-refractivity contribution < 1.29 is 14.3 Å². The maximum Gasteiger partial charge on any atom is 0.415 e. The predicted molar refractivity (Wildman–Crippen MR) is 51.5 cm³/mol. The van der Waals surface area contributed by atoms with Gasteiger partial charge in [-0.05, 0) is 12.8 Å². The summed E-state index contributed by atoms with van der Waals surface area (Å²) in [6, 6.07) is 0.128. The Morgan fingerprint density at radius 3 is 3.00 bits per heavy atom. The van der Waals surface area contributed by atoms with Crippen LogP contribution in [0.4, 0.5) is 10.8 Å². The average molecular weight is 198 g/mol. The van der Waals surface area contributed by atoms with Gasteiger partial charge in [-0.15, -0.1) is 0 Å². The fourth-order valence-electron chi connectivity index (χ4n) is 1.00. The molecule has 1 aromatic rings. The number of aromatic nitrogens is 1. The van der Waals surface area contributed by atoms with Gasteiger partial charge >= 0.3 is 12.1 Å². The summed E-state index contributed by atoms with van der Waals surface area (Å²) in [7, 11) is 1.40. The molecule has 0 fully saturated rings. The quantitative estimate of drug-likeness (QED) is 0.804. The van der Waals surface area contributed by atoms with Crippen LogP contribution < -0.4 is 4.90 Å². The largest absolute Gasteiger partial charge is 0.465 e. The van der Waals surface area contributed by atoms with E-state index in [1.807, 2.05) is 0 Å². The van der Waals surface area contributed by atoms with Crippen LogP contribution in [-0.4, -0.2) is 23.2 Å². The minimum atomic E-state index is -1.08. The number of unbranched alkanes of at least 4 members (excludes halogenated alkanes) is 1. The summed E-state index contributed by atoms with van der Waals surface area (Å²) in [5.41, 5.74) is 0.801. The zero-order chi connectivity index (χ0) is 10.6. The van der Waals surface area contributed by atoms with Crippen LogP contribution in [0.15, 0.2) is 10.7 Å². The molecule has 0 bridgehead atoms. The molecule has 5 heteroatoms. The molecule has 14 heavy (non-hydrogen) atoms. The van der Waals surface area contributed by atoms with E-state index in [9.17, 15) is 4.79 Å². The summed E-state index contributed by atoms with van der Waals surface area (Å²) in [4.78, 5) is 15.6. The van der Waals surface area contributed by atoms with Crippen LogP contribution >= 0.6 is 0 Å². The number of anilines is 1. The van der Waals surface area contributed by atoms with Gasteiger partial charge < -0.3 is 9.52 Å². The number of aryl methyl sites for hydroxylation is 1. The molecule has 0 aromatic carbocycles. The molecule has 5 nitrogen and oxygen atoms in total. The highest BCUT2D eigenvalue weighted by atomic mass is 16.4. The number of carboxylic acid groups (broad SMARTS) is 1. The number of amides is 1. The van der Waals surface area contributed by atoms with Crippen molar-refractivity contribution in [3.63, 3.8) is 0 Å². The number of hydrogen-bond donors (Lipinski definition) is 1. The van der Waals surface area contributed by atoms with Crippen LogP contribution in [0.1, 0.15) is 25.5 Å². The molecule has 1 aromatic heterocycles. The summed E-state index contributed by atoms with van der Waals surface area (Å²) in [5.74, 6) is 0. The second-order valence-corrected chi connectivity index (χ2v) is 3.07. The highest BCUT2D eigenvalue weighted by Gasteiger charge is 2.14. The van der Waals surface area contributed by atoms with Gasteiger partial charge in [0.1, 0.15) is 6.26 Å². The molecule has 1 amide bonds. The highest BCUT2D eigenvalue weighted by Crippen LogP contribution is 2.13. The van der Waals surface area contributed by atoms with Crippen LogP contribution in [0.25, 0.3) is 0 Å². The zero-order valence-electron chi connectivity index (χ0n) is 8.36. The number of nitrogens with zero attached hydrogens (tertiary/aromatic N) is 2. The van der Waals surface area contributed by atoms with Gasteiger partial charge in [-0.3, -0.25) is 0 Å². The summed E-state index contributed by atoms with van der Waals surface area (Å²) in [6.07, 6.45) is 3.37. The van der Waals surface area contributed by atoms with Gasteiger partial charge in [0, 0.05) is 7.05 Å². The average Bonchev–Trinajstić information content (AvgIpc) is 2.61. The Morgan fingerprint density at radius 1 is 1.71 bits per heavy atom. The van der Waals surface area contributed by atoms with Crippen molar-refractivity contribution >= 4 is 12.1 Å². The van der Waals surface area contributed by atoms with E-state index >= 15 is 0 Å². The molecule has 0 aliphatic heterocycles. The number of rotatable bonds is 4. The monoisotopic (exact) mass is 198 g/mol. The normalized spacial score (nSPS) is 10.1. The Kier molecular flexibility index (Phi) is 3.50. The van der Waals surface area contributed by atoms with E-state index in [1.165, 1.54) is 13.3 Å². The summed E-state index contributed by atoms with van der Waals surface area (Å²) < 4.78 is 5.02. The molecular formula is C9H14N2O3. The lowest BCUT2D eigenvalue weighted by molar-refractivity contribution is 0.202. The first-order chi connectivity index (χ1) is 6.65. The van der Waals surface area contributed by atoms with Crippen LogP contribution in [0.2, 0.25) is 0 Å². The molecular weight excluding hydrogens is 184 g/mol. The van der Waals surface area contributed by atoms with Crippen molar-refractivity contribution in [1.29, 1.82) is 0 Å². The van der Waals surface area contributed by atoms with Crippen LogP contribution in [0.3, 0.4) is 0 Å². The minimum absolute atomic E-state index is 0.128. The molecule has 1 heterocycles. The third kappa shape index (κ3) is 2.48. The maximum absolute atomic E-state index is 10.5. The molecule has 0 aliphatic rings. The van der Waals surface area contributed by atoms with E-state index in [0.717, 1.165) is 29.9 Å². The Balaban J connectivity index is 2.63. The number of hydrogen-bond acceptors (Lipinski definition) is 3. The van der Waals surface area contributed by atoms with Crippen molar-refractivity contribution in [2.24, 2.45) is 0 Å².